The van der Waals surface area contributed by atoms with Gasteiger partial charge in [-0.3, -0.25) is 23.9 Å². The summed E-state index contributed by atoms with van der Waals surface area (Å²) < 4.78 is 70.1. The number of halogens is 6. The van der Waals surface area contributed by atoms with Crippen molar-refractivity contribution < 1.29 is 99.8 Å². The first-order chi connectivity index (χ1) is 29.2. The number of nitrogens with zero attached hydrogens (tertiary/aromatic N) is 7. The molecule has 19 nitrogen and oxygen atoms in total. The molecule has 2 aliphatic heterocycles. The minimum Gasteiger partial charge on any atom is -0.793 e. The van der Waals surface area contributed by atoms with E-state index in [2.05, 4.69) is 69.9 Å². The predicted molar refractivity (Wildman–Crippen MR) is 232 cm³/mol. The van der Waals surface area contributed by atoms with Crippen molar-refractivity contribution >= 4 is 76.3 Å². The molecule has 0 aliphatic carbocycles. The van der Waals surface area contributed by atoms with Gasteiger partial charge in [-0.15, -0.1) is 0 Å². The van der Waals surface area contributed by atoms with Gasteiger partial charge in [-0.2, -0.15) is 10.2 Å². The van der Waals surface area contributed by atoms with Crippen LogP contribution in [0.3, 0.4) is 0 Å². The molecule has 0 atom stereocenters. The van der Waals surface area contributed by atoms with Crippen molar-refractivity contribution in [3.63, 3.8) is 0 Å². The first-order valence-corrected chi connectivity index (χ1v) is 20.9. The van der Waals surface area contributed by atoms with Crippen molar-refractivity contribution in [2.75, 3.05) is 54.4 Å². The van der Waals surface area contributed by atoms with E-state index in [4.69, 9.17) is 9.47 Å². The maximum Gasteiger partial charge on any atom is 1.00 e. The number of amides is 2. The number of ether oxygens (including phenoxy) is 2. The van der Waals surface area contributed by atoms with Crippen LogP contribution in [0.15, 0.2) is 8.95 Å². The van der Waals surface area contributed by atoms with E-state index < -0.39 is 47.5 Å². The molecule has 0 saturated carbocycles. The Morgan fingerprint density at radius 2 is 1.15 bits per heavy atom. The van der Waals surface area contributed by atoms with E-state index in [1.807, 2.05) is 60.5 Å². The molecule has 3 radical (unpaired) electrons. The number of carbonyl (C=O) groups is 6. The third-order valence-corrected chi connectivity index (χ3v) is 9.37. The summed E-state index contributed by atoms with van der Waals surface area (Å²) in [6, 6.07) is 0. The van der Waals surface area contributed by atoms with E-state index >= 15 is 0 Å². The summed E-state index contributed by atoms with van der Waals surface area (Å²) in [5.41, 5.74) is 0.913. The van der Waals surface area contributed by atoms with Gasteiger partial charge < -0.3 is 37.3 Å². The van der Waals surface area contributed by atoms with Gasteiger partial charge in [0.15, 0.2) is 6.29 Å². The van der Waals surface area contributed by atoms with Gasteiger partial charge in [-0.1, -0.05) is 0 Å². The number of hydrogen-bond acceptors (Lipinski definition) is 15. The van der Waals surface area contributed by atoms with E-state index in [0.717, 1.165) is 26.1 Å². The molecule has 0 unspecified atom stereocenters. The summed E-state index contributed by atoms with van der Waals surface area (Å²) in [6.07, 6.45) is -0.735. The standard InChI is InChI=1S/C16H25BrF2N4O2.C9H20N2O2.C7H5BrF2N2O.C4H6O4.C2H3BO2.Na/c1-15(2,3)25-14(24)22(5)7-6-21(4)9-11-13(17)12-8-16(18,19)10-23(12)20-11;1-9(2,3)13-8(12)11(5)7-6-10-4;8-6-4(2-13)11-12-3-7(9,10)1-5(6)12;1-3(5)7-8-4(2)6;1-2(4)5-3;/h6-10H2,1-5H3;10H,6-7H2,1-5H3;2H,1,3H2;1-2H3;1H3;/q;;;;-1;+1. The number of carbonyl (C=O) groups excluding carboxylic acids is 6. The topological polar surface area (TPSA) is 206 Å². The summed E-state index contributed by atoms with van der Waals surface area (Å²) in [7, 11) is 11.5. The Morgan fingerprint density at radius 3 is 1.49 bits per heavy atom. The molecule has 2 aromatic heterocycles. The molecule has 0 fully saturated rings. The fourth-order valence-electron chi connectivity index (χ4n) is 4.76. The van der Waals surface area contributed by atoms with Crippen molar-refractivity contribution in [2.24, 2.45) is 0 Å². The van der Waals surface area contributed by atoms with Crippen LogP contribution < -0.4 is 34.9 Å². The first-order valence-electron chi connectivity index (χ1n) is 19.3. The summed E-state index contributed by atoms with van der Waals surface area (Å²) in [4.78, 5) is 75.5. The molecule has 0 spiro atoms. The minimum atomic E-state index is -2.73. The van der Waals surface area contributed by atoms with E-state index in [1.54, 1.807) is 19.0 Å². The maximum absolute atomic E-state index is 13.4. The van der Waals surface area contributed by atoms with Crippen LogP contribution in [0.1, 0.15) is 89.9 Å². The molecule has 2 aliphatic rings. The number of rotatable bonds is 9. The Bertz CT molecular complexity index is 1870. The van der Waals surface area contributed by atoms with E-state index in [-0.39, 0.29) is 66.8 Å². The number of alkyl halides is 4. The van der Waals surface area contributed by atoms with Crippen molar-refractivity contribution in [3.8, 4) is 0 Å². The SMILES string of the molecule is CC(=O)OOC(C)=O.CN(CCN(C)C(=O)OC(C)(C)C)Cc1nn2c(c1Br)CC(F)(F)C2.CNCCN(C)C(=O)OC(C)(C)C.O=Cc1nn2c(c1Br)CC(F)(F)C2.[B-]OC(C)=O.[Na+]. The van der Waals surface area contributed by atoms with Crippen LogP contribution in [0, 0.1) is 0 Å². The fourth-order valence-corrected chi connectivity index (χ4v) is 5.82. The number of aldehydes is 1. The van der Waals surface area contributed by atoms with E-state index in [0.29, 0.717) is 52.8 Å². The van der Waals surface area contributed by atoms with Gasteiger partial charge in [0.2, 0.25) is 5.97 Å². The van der Waals surface area contributed by atoms with Crippen molar-refractivity contribution in [1.29, 1.82) is 0 Å². The van der Waals surface area contributed by atoms with Crippen LogP contribution in [0.25, 0.3) is 0 Å². The molecule has 27 heteroatoms. The largest absolute Gasteiger partial charge is 1.00 e. The van der Waals surface area contributed by atoms with Gasteiger partial charge in [0.25, 0.3) is 11.8 Å². The second-order valence-corrected chi connectivity index (χ2v) is 17.8. The Labute approximate surface area is 417 Å². The smallest absolute Gasteiger partial charge is 0.793 e. The summed E-state index contributed by atoms with van der Waals surface area (Å²) in [5.74, 6) is -7.19. The number of fused-ring (bicyclic) bond motifs is 2. The number of aromatic nitrogens is 4. The molecule has 4 heterocycles. The summed E-state index contributed by atoms with van der Waals surface area (Å²) in [6.45, 7) is 16.8. The fraction of sp³-hybridized carbons (Fsp3) is 0.684. The van der Waals surface area contributed by atoms with Gasteiger partial charge in [0, 0.05) is 67.6 Å². The zero-order chi connectivity index (χ0) is 50.0. The third-order valence-electron chi connectivity index (χ3n) is 7.59. The minimum absolute atomic E-state index is 0. The quantitative estimate of drug-likeness (QED) is 0.126. The van der Waals surface area contributed by atoms with Crippen molar-refractivity contribution in [2.45, 2.75) is 118 Å². The number of likely N-dealkylation sites (N-methyl/N-ethyl adjacent to an activating group) is 4. The van der Waals surface area contributed by atoms with Crippen LogP contribution in [-0.2, 0) is 70.8 Å². The summed E-state index contributed by atoms with van der Waals surface area (Å²) in [5, 5.41) is 11.0. The van der Waals surface area contributed by atoms with Crippen molar-refractivity contribution in [1.82, 2.24) is 39.6 Å². The Hall–Kier alpha value is -3.30. The van der Waals surface area contributed by atoms with Gasteiger partial charge in [-0.25, -0.2) is 46.5 Å². The van der Waals surface area contributed by atoms with Crippen LogP contribution in [-0.4, -0.2) is 156 Å². The van der Waals surface area contributed by atoms with E-state index in [9.17, 15) is 46.3 Å². The number of hydrogen-bond donors (Lipinski definition) is 1. The molecule has 0 bridgehead atoms. The van der Waals surface area contributed by atoms with Crippen LogP contribution in [0.5, 0.6) is 0 Å². The second-order valence-electron chi connectivity index (χ2n) is 16.3. The molecule has 0 aromatic carbocycles. The average molecular weight is 1070 g/mol. The Morgan fingerprint density at radius 1 is 0.754 bits per heavy atom. The molecular formula is C38H59BBr2F4N8NaO11. The zero-order valence-electron chi connectivity index (χ0n) is 39.4. The molecule has 4 rings (SSSR count). The molecule has 1 N–H and O–H groups in total. The molecule has 2 amide bonds. The van der Waals surface area contributed by atoms with Gasteiger partial charge >= 0.3 is 53.7 Å². The van der Waals surface area contributed by atoms with Crippen LogP contribution in [0.2, 0.25) is 0 Å². The normalized spacial score (nSPS) is 13.7. The van der Waals surface area contributed by atoms with Crippen LogP contribution in [0.4, 0.5) is 27.2 Å². The average Bonchev–Trinajstić information content (AvgIpc) is 3.82. The van der Waals surface area contributed by atoms with Gasteiger partial charge in [0.05, 0.1) is 38.9 Å². The molecule has 65 heavy (non-hydrogen) atoms. The number of nitrogens with one attached hydrogen (secondary N) is 1. The zero-order valence-corrected chi connectivity index (χ0v) is 44.6. The van der Waals surface area contributed by atoms with Gasteiger partial charge in [-0.05, 0) is 87.5 Å². The molecule has 2 aromatic rings. The Balaban J connectivity index is 0. The molecule has 0 saturated heterocycles. The maximum atomic E-state index is 13.4. The Kier molecular flexibility index (Phi) is 28.2. The third kappa shape index (κ3) is 26.6. The molecule has 363 valence electrons. The predicted octanol–water partition coefficient (Wildman–Crippen LogP) is 2.52. The summed E-state index contributed by atoms with van der Waals surface area (Å²) >= 11 is 6.46. The monoisotopic (exact) mass is 1070 g/mol. The molecular weight excluding hydrogens is 1010 g/mol. The van der Waals surface area contributed by atoms with Crippen molar-refractivity contribution in [3.05, 3.63) is 31.7 Å². The van der Waals surface area contributed by atoms with Crippen LogP contribution >= 0.6 is 31.9 Å². The van der Waals surface area contributed by atoms with Gasteiger partial charge in [0.1, 0.15) is 30.0 Å². The van der Waals surface area contributed by atoms with E-state index in [1.165, 1.54) is 21.2 Å². The second kappa shape index (κ2) is 28.8. The first kappa shape index (κ1) is 63.8.